The van der Waals surface area contributed by atoms with Crippen LogP contribution in [0.2, 0.25) is 0 Å². The molecule has 0 fully saturated rings. The van der Waals surface area contributed by atoms with E-state index in [1.54, 1.807) is 0 Å². The Kier molecular flexibility index (Phi) is 6.05. The predicted molar refractivity (Wildman–Crippen MR) is 232 cm³/mol. The van der Waals surface area contributed by atoms with E-state index in [4.69, 9.17) is 24.5 Å². The minimum atomic E-state index is -0.608. The first-order valence-electron chi connectivity index (χ1n) is 21.9. The molecule has 0 unspecified atom stereocenters. The summed E-state index contributed by atoms with van der Waals surface area (Å²) in [4.78, 5) is 15.4. The van der Waals surface area contributed by atoms with Crippen LogP contribution in [-0.4, -0.2) is 15.0 Å². The van der Waals surface area contributed by atoms with E-state index >= 15 is 0 Å². The van der Waals surface area contributed by atoms with Gasteiger partial charge >= 0.3 is 0 Å². The zero-order valence-corrected chi connectivity index (χ0v) is 30.6. The summed E-state index contributed by atoms with van der Waals surface area (Å²) in [6.45, 7) is 0. The van der Waals surface area contributed by atoms with Gasteiger partial charge in [-0.25, -0.2) is 15.0 Å². The van der Waals surface area contributed by atoms with Gasteiger partial charge in [0, 0.05) is 36.9 Å². The summed E-state index contributed by atoms with van der Waals surface area (Å²) >= 11 is 1.12. The minimum Gasteiger partial charge on any atom is -0.208 e. The van der Waals surface area contributed by atoms with Crippen LogP contribution in [0, 0.1) is 0 Å². The molecule has 0 atom stereocenters. The second-order valence-electron chi connectivity index (χ2n) is 13.8. The molecule has 11 rings (SSSR count). The Morgan fingerprint density at radius 3 is 1.70 bits per heavy atom. The zero-order valence-electron chi connectivity index (χ0n) is 36.8. The van der Waals surface area contributed by atoms with Gasteiger partial charge in [0.25, 0.3) is 0 Å². The van der Waals surface area contributed by atoms with Crippen molar-refractivity contribution in [3.05, 3.63) is 222 Å². The lowest BCUT2D eigenvalue weighted by molar-refractivity contribution is 0.768. The van der Waals surface area contributed by atoms with Crippen LogP contribution in [0.3, 0.4) is 0 Å². The molecule has 10 aromatic rings. The topological polar surface area (TPSA) is 38.7 Å². The largest absolute Gasteiger partial charge is 0.208 e. The summed E-state index contributed by atoms with van der Waals surface area (Å²) in [5.41, 5.74) is 9.52. The third-order valence-electron chi connectivity index (χ3n) is 10.8. The van der Waals surface area contributed by atoms with Gasteiger partial charge < -0.3 is 0 Å². The fraction of sp³-hybridized carbons (Fsp3) is 0.0192. The number of hydrogen-bond donors (Lipinski definition) is 0. The predicted octanol–water partition coefficient (Wildman–Crippen LogP) is 13.3. The quantitative estimate of drug-likeness (QED) is 0.170. The molecule has 4 heteroatoms. The fourth-order valence-corrected chi connectivity index (χ4v) is 9.43. The van der Waals surface area contributed by atoms with Crippen LogP contribution in [0.15, 0.2) is 200 Å². The highest BCUT2D eigenvalue weighted by molar-refractivity contribution is 7.26. The summed E-state index contributed by atoms with van der Waals surface area (Å²) in [6.07, 6.45) is 0. The molecular formula is C52H33N3S. The zero-order chi connectivity index (χ0) is 43.1. The monoisotopic (exact) mass is 738 g/mol. The Hall–Kier alpha value is -7.01. The van der Waals surface area contributed by atoms with Crippen molar-refractivity contribution in [1.82, 2.24) is 15.0 Å². The Morgan fingerprint density at radius 1 is 0.411 bits per heavy atom. The normalized spacial score (nSPS) is 14.5. The molecule has 0 aliphatic heterocycles. The van der Waals surface area contributed by atoms with Gasteiger partial charge in [-0.3, -0.25) is 0 Å². The van der Waals surface area contributed by atoms with Gasteiger partial charge in [0.2, 0.25) is 0 Å². The van der Waals surface area contributed by atoms with Crippen molar-refractivity contribution >= 4 is 31.5 Å². The third-order valence-corrected chi connectivity index (χ3v) is 11.9. The first kappa shape index (κ1) is 25.9. The molecule has 56 heavy (non-hydrogen) atoms. The van der Waals surface area contributed by atoms with Crippen LogP contribution in [0.1, 0.15) is 31.8 Å². The standard InChI is InChI=1S/C52H33N3S/c1-4-16-35(17-5-1)49-53-50(36-32-30-34(31-33-36)39-24-14-25-41-40-22-11-13-29-46(40)56-48(39)41)55-51(54-49)43-26-15-28-45-47(43)42-23-10-12-27-44(42)52(45,37-18-6-2-7-19-37)38-20-8-3-9-21-38/h1-33H/i11D,13D,14D,22D,24D,25D,29D. The molecule has 1 aliphatic rings. The van der Waals surface area contributed by atoms with E-state index in [-0.39, 0.29) is 47.0 Å². The van der Waals surface area contributed by atoms with Crippen LogP contribution in [0.4, 0.5) is 0 Å². The van der Waals surface area contributed by atoms with Gasteiger partial charge in [-0.15, -0.1) is 11.3 Å². The highest BCUT2D eigenvalue weighted by Gasteiger charge is 2.47. The molecule has 2 heterocycles. The minimum absolute atomic E-state index is 0.156. The lowest BCUT2D eigenvalue weighted by Crippen LogP contribution is -2.28. The average molecular weight is 739 g/mol. The van der Waals surface area contributed by atoms with Crippen molar-refractivity contribution in [2.45, 2.75) is 5.41 Å². The van der Waals surface area contributed by atoms with Gasteiger partial charge in [0.05, 0.1) is 15.0 Å². The number of rotatable bonds is 6. The fourth-order valence-electron chi connectivity index (χ4n) is 8.34. The summed E-state index contributed by atoms with van der Waals surface area (Å²) in [5.74, 6) is 1.46. The summed E-state index contributed by atoms with van der Waals surface area (Å²) in [6, 6.07) is 51.5. The molecule has 8 aromatic carbocycles. The van der Waals surface area contributed by atoms with E-state index in [0.717, 1.165) is 50.3 Å². The van der Waals surface area contributed by atoms with Crippen LogP contribution < -0.4 is 0 Å². The molecule has 0 radical (unpaired) electrons. The molecule has 0 bridgehead atoms. The molecule has 0 saturated carbocycles. The molecule has 0 amide bonds. The second-order valence-corrected chi connectivity index (χ2v) is 14.8. The van der Waals surface area contributed by atoms with Crippen molar-refractivity contribution in [2.24, 2.45) is 0 Å². The summed E-state index contributed by atoms with van der Waals surface area (Å²) < 4.78 is 61.3. The van der Waals surface area contributed by atoms with Crippen LogP contribution in [-0.2, 0) is 5.41 Å². The highest BCUT2D eigenvalue weighted by Crippen LogP contribution is 2.58. The maximum absolute atomic E-state index is 9.03. The van der Waals surface area contributed by atoms with Crippen molar-refractivity contribution in [3.8, 4) is 56.4 Å². The smallest absolute Gasteiger partial charge is 0.164 e. The van der Waals surface area contributed by atoms with E-state index in [9.17, 15) is 0 Å². The maximum Gasteiger partial charge on any atom is 0.164 e. The molecule has 2 aromatic heterocycles. The van der Waals surface area contributed by atoms with E-state index in [0.29, 0.717) is 43.6 Å². The number of nitrogens with zero attached hydrogens (tertiary/aromatic N) is 3. The molecule has 3 nitrogen and oxygen atoms in total. The van der Waals surface area contributed by atoms with Gasteiger partial charge in [-0.2, -0.15) is 0 Å². The van der Waals surface area contributed by atoms with Crippen molar-refractivity contribution < 1.29 is 9.60 Å². The van der Waals surface area contributed by atoms with Crippen molar-refractivity contribution in [2.75, 3.05) is 0 Å². The van der Waals surface area contributed by atoms with Crippen LogP contribution in [0.5, 0.6) is 0 Å². The van der Waals surface area contributed by atoms with E-state index in [1.807, 2.05) is 66.7 Å². The highest BCUT2D eigenvalue weighted by atomic mass is 32.1. The average Bonchev–Trinajstić information content (AvgIpc) is 3.88. The molecule has 0 N–H and O–H groups in total. The first-order valence-corrected chi connectivity index (χ1v) is 19.2. The van der Waals surface area contributed by atoms with E-state index in [1.165, 1.54) is 5.56 Å². The van der Waals surface area contributed by atoms with Gasteiger partial charge in [-0.05, 0) is 50.6 Å². The SMILES string of the molecule is [2H]c1c([2H])c([2H])c2c(sc3c(-c4ccc(-c5nc(-c6ccccc6)nc(-c6cccc7c6-c6ccccc6C7(c6ccccc6)c6ccccc6)n5)cc4)c([2H])c([2H])c([2H])c32)c1[2H]. The van der Waals surface area contributed by atoms with Gasteiger partial charge in [0.1, 0.15) is 0 Å². The summed E-state index contributed by atoms with van der Waals surface area (Å²) in [5, 5.41) is 0.445. The summed E-state index contributed by atoms with van der Waals surface area (Å²) in [7, 11) is 0. The van der Waals surface area contributed by atoms with Crippen molar-refractivity contribution in [3.63, 3.8) is 0 Å². The van der Waals surface area contributed by atoms with E-state index < -0.39 is 11.5 Å². The first-order chi connectivity index (χ1) is 30.7. The molecule has 262 valence electrons. The molecular weight excluding hydrogens is 699 g/mol. The molecule has 0 saturated heterocycles. The van der Waals surface area contributed by atoms with Crippen molar-refractivity contribution in [1.29, 1.82) is 0 Å². The number of thiophene rings is 1. The second kappa shape index (κ2) is 13.1. The Morgan fingerprint density at radius 2 is 0.964 bits per heavy atom. The number of aromatic nitrogens is 3. The number of fused-ring (bicyclic) bond motifs is 6. The van der Waals surface area contributed by atoms with Crippen LogP contribution in [0.25, 0.3) is 76.6 Å². The maximum atomic E-state index is 9.03. The van der Waals surface area contributed by atoms with Gasteiger partial charge in [0.15, 0.2) is 17.5 Å². The Balaban J connectivity index is 1.11. The van der Waals surface area contributed by atoms with E-state index in [2.05, 4.69) is 91.0 Å². The van der Waals surface area contributed by atoms with Crippen LogP contribution >= 0.6 is 11.3 Å². The molecule has 1 aliphatic carbocycles. The number of benzene rings is 8. The Labute approximate surface area is 339 Å². The van der Waals surface area contributed by atoms with Gasteiger partial charge in [-0.1, -0.05) is 194 Å². The molecule has 0 spiro atoms. The lowest BCUT2D eigenvalue weighted by atomic mass is 9.67. The third kappa shape index (κ3) is 5.00. The number of hydrogen-bond acceptors (Lipinski definition) is 4. The lowest BCUT2D eigenvalue weighted by Gasteiger charge is -2.33. The Bertz CT molecular complexity index is 3430.